The second kappa shape index (κ2) is 12.4. The number of benzene rings is 4. The number of hydrogen-bond donors (Lipinski definition) is 7. The first-order valence-electron chi connectivity index (χ1n) is 15.5. The summed E-state index contributed by atoms with van der Waals surface area (Å²) in [4.78, 5) is 14.7. The molecule has 0 spiro atoms. The van der Waals surface area contributed by atoms with E-state index in [1.165, 1.54) is 54.6 Å². The van der Waals surface area contributed by atoms with Crippen molar-refractivity contribution in [3.63, 3.8) is 0 Å². The monoisotopic (exact) mass is 648 g/mol. The summed E-state index contributed by atoms with van der Waals surface area (Å²) >= 11 is 0. The number of carbonyl (C=O) groups is 1. The van der Waals surface area contributed by atoms with Crippen LogP contribution in [0.15, 0.2) is 94.4 Å². The molecule has 7 N–H and O–H groups in total. The second-order valence-electron chi connectivity index (χ2n) is 12.7. The standard InChI is InChI=1S/C39H36O9/c1-19(2)4-8-26-30(42)11-10-27(38(26)46)39(47)36-28(25-9-7-23(40)17-31(25)43)12-20(3)13-29(36)37-32(44)14-22(15-33(37)45)34-16-21-5-6-24(41)18-35(21)48-34/h4-7,9-11,13-18,28-29,36,40-46H,8,12H2,1-3H3/t28-,29+,36+/m0/s1. The molecule has 6 rings (SSSR count). The Balaban J connectivity index is 1.51. The summed E-state index contributed by atoms with van der Waals surface area (Å²) < 4.78 is 5.88. The minimum atomic E-state index is -1.06. The van der Waals surface area contributed by atoms with E-state index in [4.69, 9.17) is 4.42 Å². The highest BCUT2D eigenvalue weighted by Gasteiger charge is 2.43. The van der Waals surface area contributed by atoms with Gasteiger partial charge in [0.2, 0.25) is 0 Å². The molecule has 0 saturated carbocycles. The van der Waals surface area contributed by atoms with Crippen LogP contribution in [0.4, 0.5) is 0 Å². The lowest BCUT2D eigenvalue weighted by Crippen LogP contribution is -2.31. The molecule has 0 radical (unpaired) electrons. The number of carbonyl (C=O) groups excluding carboxylic acids is 1. The average molecular weight is 649 g/mol. The number of hydrogen-bond acceptors (Lipinski definition) is 9. The van der Waals surface area contributed by atoms with E-state index in [1.54, 1.807) is 18.2 Å². The molecule has 1 aliphatic carbocycles. The van der Waals surface area contributed by atoms with Crippen LogP contribution in [0.25, 0.3) is 22.3 Å². The van der Waals surface area contributed by atoms with Gasteiger partial charge in [0.25, 0.3) is 0 Å². The molecule has 48 heavy (non-hydrogen) atoms. The maximum absolute atomic E-state index is 14.7. The number of phenolic OH excluding ortho intramolecular Hbond substituents is 7. The predicted molar refractivity (Wildman–Crippen MR) is 181 cm³/mol. The molecule has 246 valence electrons. The molecule has 9 heteroatoms. The molecule has 1 aromatic heterocycles. The van der Waals surface area contributed by atoms with Gasteiger partial charge >= 0.3 is 0 Å². The zero-order valence-corrected chi connectivity index (χ0v) is 26.6. The van der Waals surface area contributed by atoms with Gasteiger partial charge < -0.3 is 40.2 Å². The summed E-state index contributed by atoms with van der Waals surface area (Å²) in [6.45, 7) is 5.60. The summed E-state index contributed by atoms with van der Waals surface area (Å²) in [6, 6.07) is 16.0. The smallest absolute Gasteiger partial charge is 0.171 e. The quantitative estimate of drug-likeness (QED) is 0.0677. The molecule has 0 fully saturated rings. The first kappa shape index (κ1) is 32.1. The van der Waals surface area contributed by atoms with Crippen molar-refractivity contribution in [3.05, 3.63) is 112 Å². The van der Waals surface area contributed by atoms with Gasteiger partial charge in [0, 0.05) is 52.0 Å². The van der Waals surface area contributed by atoms with E-state index in [-0.39, 0.29) is 63.4 Å². The van der Waals surface area contributed by atoms with E-state index < -0.39 is 23.5 Å². The van der Waals surface area contributed by atoms with Gasteiger partial charge in [-0.1, -0.05) is 29.4 Å². The number of furan rings is 1. The van der Waals surface area contributed by atoms with Crippen molar-refractivity contribution in [2.45, 2.75) is 45.4 Å². The van der Waals surface area contributed by atoms with Crippen molar-refractivity contribution in [2.75, 3.05) is 0 Å². The van der Waals surface area contributed by atoms with Crippen LogP contribution in [0.5, 0.6) is 40.2 Å². The third-order valence-corrected chi connectivity index (χ3v) is 9.04. The second-order valence-corrected chi connectivity index (χ2v) is 12.7. The lowest BCUT2D eigenvalue weighted by atomic mass is 9.65. The number of rotatable bonds is 7. The molecule has 3 atom stereocenters. The summed E-state index contributed by atoms with van der Waals surface area (Å²) in [5, 5.41) is 76.5. The van der Waals surface area contributed by atoms with Gasteiger partial charge in [-0.25, -0.2) is 0 Å². The third kappa shape index (κ3) is 5.90. The maximum atomic E-state index is 14.7. The van der Waals surface area contributed by atoms with E-state index in [1.807, 2.05) is 26.8 Å². The zero-order valence-electron chi connectivity index (χ0n) is 26.6. The first-order chi connectivity index (χ1) is 22.8. The maximum Gasteiger partial charge on any atom is 0.171 e. The molecule has 1 aliphatic rings. The molecule has 1 heterocycles. The number of phenols is 7. The lowest BCUT2D eigenvalue weighted by molar-refractivity contribution is 0.0876. The van der Waals surface area contributed by atoms with E-state index in [2.05, 4.69) is 0 Å². The van der Waals surface area contributed by atoms with Gasteiger partial charge in [0.05, 0.1) is 5.56 Å². The first-order valence-corrected chi connectivity index (χ1v) is 15.5. The third-order valence-electron chi connectivity index (χ3n) is 9.04. The molecule has 0 amide bonds. The Hall–Kier alpha value is -5.83. The van der Waals surface area contributed by atoms with Crippen LogP contribution in [0.3, 0.4) is 0 Å². The van der Waals surface area contributed by atoms with Crippen molar-refractivity contribution >= 4 is 16.8 Å². The topological polar surface area (TPSA) is 172 Å². The van der Waals surface area contributed by atoms with Crippen molar-refractivity contribution in [1.82, 2.24) is 0 Å². The molecule has 5 aromatic rings. The van der Waals surface area contributed by atoms with Crippen molar-refractivity contribution < 1.29 is 45.0 Å². The molecule has 0 aliphatic heterocycles. The molecule has 9 nitrogen and oxygen atoms in total. The SMILES string of the molecule is CC(C)=CCc1c(O)ccc(C(=O)[C@H]2[C@H](c3c(O)cc(-c4cc5ccc(O)cc5o4)cc3O)C=C(C)C[C@H]2c2ccc(O)cc2O)c1O. The van der Waals surface area contributed by atoms with Gasteiger partial charge in [-0.2, -0.15) is 0 Å². The predicted octanol–water partition coefficient (Wildman–Crippen LogP) is 8.26. The van der Waals surface area contributed by atoms with Crippen LogP contribution in [0.2, 0.25) is 0 Å². The van der Waals surface area contributed by atoms with Crippen molar-refractivity contribution in [3.8, 4) is 51.6 Å². The number of Topliss-reactive ketones (excluding diaryl/α,β-unsaturated/α-hetero) is 1. The lowest BCUT2D eigenvalue weighted by Gasteiger charge is -2.37. The van der Waals surface area contributed by atoms with Gasteiger partial charge in [-0.3, -0.25) is 4.79 Å². The van der Waals surface area contributed by atoms with E-state index in [0.29, 0.717) is 34.3 Å². The zero-order chi connectivity index (χ0) is 34.4. The molecule has 0 bridgehead atoms. The van der Waals surface area contributed by atoms with Crippen molar-refractivity contribution in [2.24, 2.45) is 5.92 Å². The Morgan fingerprint density at radius 3 is 2.19 bits per heavy atom. The Bertz CT molecular complexity index is 2110. The largest absolute Gasteiger partial charge is 0.508 e. The molecule has 4 aromatic carbocycles. The Morgan fingerprint density at radius 1 is 0.812 bits per heavy atom. The summed E-state index contributed by atoms with van der Waals surface area (Å²) in [5.41, 5.74) is 3.10. The normalized spacial score (nSPS) is 17.6. The Labute approximate surface area is 276 Å². The average Bonchev–Trinajstić information content (AvgIpc) is 3.43. The highest BCUT2D eigenvalue weighted by atomic mass is 16.3. The van der Waals surface area contributed by atoms with Crippen LogP contribution in [0.1, 0.15) is 66.1 Å². The fourth-order valence-corrected chi connectivity index (χ4v) is 6.74. The molecular weight excluding hydrogens is 612 g/mol. The van der Waals surface area contributed by atoms with Crippen LogP contribution in [0, 0.1) is 5.92 Å². The fourth-order valence-electron chi connectivity index (χ4n) is 6.74. The van der Waals surface area contributed by atoms with Crippen LogP contribution >= 0.6 is 0 Å². The summed E-state index contributed by atoms with van der Waals surface area (Å²) in [6.07, 6.45) is 4.11. The van der Waals surface area contributed by atoms with Gasteiger partial charge in [0.1, 0.15) is 51.6 Å². The number of fused-ring (bicyclic) bond motifs is 1. The number of allylic oxidation sites excluding steroid dienone is 4. The van der Waals surface area contributed by atoms with Gasteiger partial charge in [-0.05, 0) is 87.7 Å². The van der Waals surface area contributed by atoms with Crippen LogP contribution in [-0.4, -0.2) is 41.5 Å². The van der Waals surface area contributed by atoms with Crippen LogP contribution in [-0.2, 0) is 6.42 Å². The highest BCUT2D eigenvalue weighted by molar-refractivity contribution is 6.02. The summed E-state index contributed by atoms with van der Waals surface area (Å²) in [7, 11) is 0. The van der Waals surface area contributed by atoms with Crippen molar-refractivity contribution in [1.29, 1.82) is 0 Å². The Morgan fingerprint density at radius 2 is 1.50 bits per heavy atom. The number of ketones is 1. The molecular formula is C39H36O9. The van der Waals surface area contributed by atoms with Gasteiger partial charge in [-0.15, -0.1) is 0 Å². The fraction of sp³-hybridized carbons (Fsp3) is 0.205. The van der Waals surface area contributed by atoms with Crippen LogP contribution < -0.4 is 0 Å². The van der Waals surface area contributed by atoms with E-state index in [0.717, 1.165) is 11.1 Å². The highest BCUT2D eigenvalue weighted by Crippen LogP contribution is 2.53. The van der Waals surface area contributed by atoms with E-state index in [9.17, 15) is 40.5 Å². The Kier molecular flexibility index (Phi) is 8.30. The molecule has 0 saturated heterocycles. The van der Waals surface area contributed by atoms with Gasteiger partial charge in [0.15, 0.2) is 5.78 Å². The summed E-state index contributed by atoms with van der Waals surface area (Å²) in [5.74, 6) is -4.43. The minimum Gasteiger partial charge on any atom is -0.508 e. The molecule has 0 unspecified atom stereocenters. The number of aromatic hydroxyl groups is 7. The minimum absolute atomic E-state index is 0.0255. The van der Waals surface area contributed by atoms with E-state index >= 15 is 0 Å².